The van der Waals surface area contributed by atoms with Crippen molar-refractivity contribution in [3.05, 3.63) is 18.0 Å². The van der Waals surface area contributed by atoms with Crippen LogP contribution in [0.25, 0.3) is 0 Å². The van der Waals surface area contributed by atoms with Gasteiger partial charge in [-0.1, -0.05) is 27.7 Å². The molecule has 0 bridgehead atoms. The number of methoxy groups -OCH3 is 1. The summed E-state index contributed by atoms with van der Waals surface area (Å²) in [7, 11) is 3.71. The molecule has 2 unspecified atom stereocenters. The molecule has 2 atom stereocenters. The summed E-state index contributed by atoms with van der Waals surface area (Å²) in [5.74, 6) is 0. The van der Waals surface area contributed by atoms with Crippen LogP contribution < -0.4 is 5.32 Å². The average Bonchev–Trinajstić information content (AvgIpc) is 2.62. The lowest BCUT2D eigenvalue weighted by atomic mass is 9.82. The summed E-state index contributed by atoms with van der Waals surface area (Å²) < 4.78 is 7.52. The molecule has 4 nitrogen and oxygen atoms in total. The first-order valence-corrected chi connectivity index (χ1v) is 6.14. The lowest BCUT2D eigenvalue weighted by Gasteiger charge is -2.36. The van der Waals surface area contributed by atoms with Gasteiger partial charge in [0.15, 0.2) is 0 Å². The number of hydrogen-bond acceptors (Lipinski definition) is 3. The molecule has 17 heavy (non-hydrogen) atoms. The fourth-order valence-electron chi connectivity index (χ4n) is 2.21. The second-order valence-corrected chi connectivity index (χ2v) is 5.51. The highest BCUT2D eigenvalue weighted by atomic mass is 16.5. The van der Waals surface area contributed by atoms with Crippen molar-refractivity contribution in [3.8, 4) is 0 Å². The van der Waals surface area contributed by atoms with Gasteiger partial charge in [-0.3, -0.25) is 4.68 Å². The second-order valence-electron chi connectivity index (χ2n) is 5.51. The molecule has 98 valence electrons. The Labute approximate surface area is 104 Å². The lowest BCUT2D eigenvalue weighted by molar-refractivity contribution is -0.0116. The zero-order chi connectivity index (χ0) is 13.1. The van der Waals surface area contributed by atoms with E-state index in [4.69, 9.17) is 4.74 Å². The molecule has 0 saturated carbocycles. The largest absolute Gasteiger partial charge is 0.379 e. The molecule has 1 aromatic heterocycles. The van der Waals surface area contributed by atoms with E-state index in [1.807, 2.05) is 24.1 Å². The van der Waals surface area contributed by atoms with Gasteiger partial charge >= 0.3 is 0 Å². The number of aromatic nitrogens is 2. The Morgan fingerprint density at radius 2 is 2.12 bits per heavy atom. The van der Waals surface area contributed by atoms with Crippen molar-refractivity contribution in [2.75, 3.05) is 13.7 Å². The van der Waals surface area contributed by atoms with Crippen LogP contribution in [0.4, 0.5) is 0 Å². The SMILES string of the molecule is CCNC(c1cnn(C)c1)C(OC)C(C)(C)C. The maximum absolute atomic E-state index is 5.69. The van der Waals surface area contributed by atoms with Gasteiger partial charge in [-0.2, -0.15) is 5.10 Å². The number of ether oxygens (including phenoxy) is 1. The molecule has 0 aromatic carbocycles. The van der Waals surface area contributed by atoms with Crippen LogP contribution in [0, 0.1) is 5.41 Å². The van der Waals surface area contributed by atoms with Crippen molar-refractivity contribution < 1.29 is 4.74 Å². The van der Waals surface area contributed by atoms with Gasteiger partial charge in [0.25, 0.3) is 0 Å². The van der Waals surface area contributed by atoms with Crippen LogP contribution in [-0.4, -0.2) is 29.5 Å². The summed E-state index contributed by atoms with van der Waals surface area (Å²) >= 11 is 0. The molecule has 0 aliphatic rings. The first-order valence-electron chi connectivity index (χ1n) is 6.14. The summed E-state index contributed by atoms with van der Waals surface area (Å²) in [6, 6.07) is 0.179. The van der Waals surface area contributed by atoms with E-state index < -0.39 is 0 Å². The molecule has 4 heteroatoms. The van der Waals surface area contributed by atoms with Crippen molar-refractivity contribution in [2.45, 2.75) is 39.8 Å². The van der Waals surface area contributed by atoms with E-state index in [1.165, 1.54) is 5.56 Å². The monoisotopic (exact) mass is 239 g/mol. The maximum atomic E-state index is 5.69. The minimum atomic E-state index is 0.0808. The summed E-state index contributed by atoms with van der Waals surface area (Å²) in [4.78, 5) is 0. The van der Waals surface area contributed by atoms with Gasteiger partial charge in [-0.25, -0.2) is 0 Å². The number of hydrogen-bond donors (Lipinski definition) is 1. The highest BCUT2D eigenvalue weighted by Gasteiger charge is 2.33. The third-order valence-electron chi connectivity index (χ3n) is 2.92. The third-order valence-corrected chi connectivity index (χ3v) is 2.92. The zero-order valence-corrected chi connectivity index (χ0v) is 11.8. The van der Waals surface area contributed by atoms with Crippen LogP contribution in [0.15, 0.2) is 12.4 Å². The third kappa shape index (κ3) is 3.54. The molecule has 0 aliphatic carbocycles. The van der Waals surface area contributed by atoms with Crippen molar-refractivity contribution in [3.63, 3.8) is 0 Å². The molecule has 0 amide bonds. The molecule has 0 aliphatic heterocycles. The predicted molar refractivity (Wildman–Crippen MR) is 69.9 cm³/mol. The van der Waals surface area contributed by atoms with Gasteiger partial charge in [-0.15, -0.1) is 0 Å². The van der Waals surface area contributed by atoms with Crippen LogP contribution in [0.2, 0.25) is 0 Å². The lowest BCUT2D eigenvalue weighted by Crippen LogP contribution is -2.41. The molecule has 1 rings (SSSR count). The normalized spacial score (nSPS) is 15.9. The van der Waals surface area contributed by atoms with Crippen molar-refractivity contribution >= 4 is 0 Å². The molecular weight excluding hydrogens is 214 g/mol. The van der Waals surface area contributed by atoms with Gasteiger partial charge in [-0.05, 0) is 12.0 Å². The maximum Gasteiger partial charge on any atom is 0.0815 e. The zero-order valence-electron chi connectivity index (χ0n) is 11.8. The Morgan fingerprint density at radius 3 is 2.47 bits per heavy atom. The Morgan fingerprint density at radius 1 is 1.47 bits per heavy atom. The van der Waals surface area contributed by atoms with Crippen LogP contribution in [-0.2, 0) is 11.8 Å². The molecule has 0 fully saturated rings. The van der Waals surface area contributed by atoms with E-state index in [2.05, 4.69) is 38.1 Å². The van der Waals surface area contributed by atoms with Crippen LogP contribution in [0.1, 0.15) is 39.3 Å². The Hall–Kier alpha value is -0.870. The molecule has 0 spiro atoms. The van der Waals surface area contributed by atoms with Crippen molar-refractivity contribution in [1.82, 2.24) is 15.1 Å². The summed E-state index contributed by atoms with van der Waals surface area (Å²) in [6.45, 7) is 9.61. The van der Waals surface area contributed by atoms with Crippen molar-refractivity contribution in [2.24, 2.45) is 12.5 Å². The summed E-state index contributed by atoms with van der Waals surface area (Å²) in [6.07, 6.45) is 4.07. The quantitative estimate of drug-likeness (QED) is 0.855. The first-order chi connectivity index (χ1) is 7.90. The first kappa shape index (κ1) is 14.2. The van der Waals surface area contributed by atoms with Gasteiger partial charge in [0, 0.05) is 25.9 Å². The molecule has 0 radical (unpaired) electrons. The van der Waals surface area contributed by atoms with Crippen LogP contribution >= 0.6 is 0 Å². The van der Waals surface area contributed by atoms with Crippen molar-refractivity contribution in [1.29, 1.82) is 0 Å². The van der Waals surface area contributed by atoms with E-state index in [-0.39, 0.29) is 17.6 Å². The second kappa shape index (κ2) is 5.65. The van der Waals surface area contributed by atoms with E-state index in [0.29, 0.717) is 0 Å². The number of aryl methyl sites for hydroxylation is 1. The highest BCUT2D eigenvalue weighted by molar-refractivity contribution is 5.13. The minimum absolute atomic E-state index is 0.0808. The van der Waals surface area contributed by atoms with Gasteiger partial charge in [0.05, 0.1) is 18.3 Å². The number of nitrogens with zero attached hydrogens (tertiary/aromatic N) is 2. The van der Waals surface area contributed by atoms with Gasteiger partial charge < -0.3 is 10.1 Å². The number of nitrogens with one attached hydrogen (secondary N) is 1. The topological polar surface area (TPSA) is 39.1 Å². The molecular formula is C13H25N3O. The Kier molecular flexibility index (Phi) is 4.71. The predicted octanol–water partition coefficient (Wildman–Crippen LogP) is 2.13. The van der Waals surface area contributed by atoms with E-state index in [0.717, 1.165) is 6.54 Å². The van der Waals surface area contributed by atoms with Crippen LogP contribution in [0.5, 0.6) is 0 Å². The molecule has 1 heterocycles. The minimum Gasteiger partial charge on any atom is -0.379 e. The number of rotatable bonds is 5. The average molecular weight is 239 g/mol. The van der Waals surface area contributed by atoms with E-state index >= 15 is 0 Å². The van der Waals surface area contributed by atoms with Gasteiger partial charge in [0.2, 0.25) is 0 Å². The smallest absolute Gasteiger partial charge is 0.0815 e. The summed E-state index contributed by atoms with van der Waals surface area (Å²) in [5, 5.41) is 7.73. The molecule has 1 aromatic rings. The summed E-state index contributed by atoms with van der Waals surface area (Å²) in [5.41, 5.74) is 1.26. The Balaban J connectivity index is 2.99. The van der Waals surface area contributed by atoms with Crippen LogP contribution in [0.3, 0.4) is 0 Å². The van der Waals surface area contributed by atoms with E-state index in [1.54, 1.807) is 7.11 Å². The number of likely N-dealkylation sites (N-methyl/N-ethyl adjacent to an activating group) is 1. The highest BCUT2D eigenvalue weighted by Crippen LogP contribution is 2.32. The Bertz CT molecular complexity index is 341. The standard InChI is InChI=1S/C13H25N3O/c1-7-14-11(10-8-15-16(5)9-10)12(17-6)13(2,3)4/h8-9,11-12,14H,7H2,1-6H3. The fourth-order valence-corrected chi connectivity index (χ4v) is 2.21. The van der Waals surface area contributed by atoms with Gasteiger partial charge in [0.1, 0.15) is 0 Å². The van der Waals surface area contributed by atoms with E-state index in [9.17, 15) is 0 Å². The fraction of sp³-hybridized carbons (Fsp3) is 0.769. The molecule has 0 saturated heterocycles. The molecule has 1 N–H and O–H groups in total.